The maximum Gasteiger partial charge on any atom is 0.254 e. The monoisotopic (exact) mass is 371 g/mol. The van der Waals surface area contributed by atoms with Gasteiger partial charge in [-0.25, -0.2) is 4.98 Å². The van der Waals surface area contributed by atoms with Gasteiger partial charge in [0, 0.05) is 30.0 Å². The Hall–Kier alpha value is -3.13. The Morgan fingerprint density at radius 3 is 2.50 bits per heavy atom. The fourth-order valence-corrected chi connectivity index (χ4v) is 3.03. The van der Waals surface area contributed by atoms with Crippen molar-refractivity contribution in [2.75, 3.05) is 19.5 Å². The van der Waals surface area contributed by atoms with Crippen molar-refractivity contribution in [2.45, 2.75) is 6.54 Å². The molecule has 0 bridgehead atoms. The highest BCUT2D eigenvalue weighted by molar-refractivity contribution is 7.13. The molecule has 2 aromatic heterocycles. The molecule has 0 aliphatic rings. The molecule has 0 radical (unpaired) electrons. The minimum absolute atomic E-state index is 0.143. The highest BCUT2D eigenvalue weighted by Gasteiger charge is 2.09. The van der Waals surface area contributed by atoms with Crippen molar-refractivity contribution in [2.24, 2.45) is 0 Å². The minimum atomic E-state index is -0.354. The average Bonchev–Trinajstić information content (AvgIpc) is 3.17. The molecule has 0 unspecified atom stereocenters. The van der Waals surface area contributed by atoms with Gasteiger partial charge in [-0.3, -0.25) is 14.2 Å². The highest BCUT2D eigenvalue weighted by Crippen LogP contribution is 2.25. The van der Waals surface area contributed by atoms with Crippen LogP contribution in [0.3, 0.4) is 0 Å². The predicted molar refractivity (Wildman–Crippen MR) is 100.0 cm³/mol. The Balaban J connectivity index is 1.73. The van der Waals surface area contributed by atoms with Crippen molar-refractivity contribution in [3.05, 3.63) is 58.5 Å². The van der Waals surface area contributed by atoms with Crippen LogP contribution in [0.5, 0.6) is 11.5 Å². The summed E-state index contributed by atoms with van der Waals surface area (Å²) in [6, 6.07) is 10.2. The van der Waals surface area contributed by atoms with Crippen molar-refractivity contribution in [1.82, 2.24) is 9.55 Å². The summed E-state index contributed by atoms with van der Waals surface area (Å²) < 4.78 is 11.6. The van der Waals surface area contributed by atoms with Gasteiger partial charge in [0.05, 0.1) is 31.1 Å². The van der Waals surface area contributed by atoms with Crippen molar-refractivity contribution >= 4 is 22.9 Å². The summed E-state index contributed by atoms with van der Waals surface area (Å²) in [5.74, 6) is 0.755. The number of benzene rings is 1. The van der Waals surface area contributed by atoms with E-state index >= 15 is 0 Å². The van der Waals surface area contributed by atoms with E-state index in [1.807, 2.05) is 17.5 Å². The number of amides is 1. The Bertz CT molecular complexity index is 945. The number of nitrogens with one attached hydrogen (secondary N) is 1. The standard InChI is InChI=1S/C18H17N3O4S/c1-24-13-6-12(7-14(8-13)25-2)20-17(22)10-21-11-19-15(9-18(21)23)16-4-3-5-26-16/h3-9,11H,10H2,1-2H3,(H,20,22). The number of hydrogen-bond acceptors (Lipinski definition) is 6. The fraction of sp³-hybridized carbons (Fsp3) is 0.167. The topological polar surface area (TPSA) is 82.5 Å². The lowest BCUT2D eigenvalue weighted by molar-refractivity contribution is -0.116. The smallest absolute Gasteiger partial charge is 0.254 e. The van der Waals surface area contributed by atoms with E-state index in [9.17, 15) is 9.59 Å². The SMILES string of the molecule is COc1cc(NC(=O)Cn2cnc(-c3cccs3)cc2=O)cc(OC)c1. The molecule has 134 valence electrons. The lowest BCUT2D eigenvalue weighted by Crippen LogP contribution is -2.27. The van der Waals surface area contributed by atoms with Crippen molar-refractivity contribution < 1.29 is 14.3 Å². The third-order valence-electron chi connectivity index (χ3n) is 3.60. The summed E-state index contributed by atoms with van der Waals surface area (Å²) in [7, 11) is 3.06. The molecule has 7 nitrogen and oxygen atoms in total. The summed E-state index contributed by atoms with van der Waals surface area (Å²) >= 11 is 1.50. The van der Waals surface area contributed by atoms with Gasteiger partial charge in [-0.15, -0.1) is 11.3 Å². The summed E-state index contributed by atoms with van der Waals surface area (Å²) in [6.45, 7) is -0.143. The van der Waals surface area contributed by atoms with Crippen molar-refractivity contribution in [3.63, 3.8) is 0 Å². The van der Waals surface area contributed by atoms with Crippen LogP contribution in [-0.4, -0.2) is 29.7 Å². The molecule has 0 spiro atoms. The zero-order valence-electron chi connectivity index (χ0n) is 14.3. The number of carbonyl (C=O) groups is 1. The van der Waals surface area contributed by atoms with Gasteiger partial charge < -0.3 is 14.8 Å². The molecular formula is C18H17N3O4S. The van der Waals surface area contributed by atoms with Crippen LogP contribution in [-0.2, 0) is 11.3 Å². The molecule has 0 fully saturated rings. The molecule has 1 amide bonds. The van der Waals surface area contributed by atoms with E-state index in [1.165, 1.54) is 42.5 Å². The zero-order valence-corrected chi connectivity index (χ0v) is 15.1. The first-order valence-electron chi connectivity index (χ1n) is 7.72. The fourth-order valence-electron chi connectivity index (χ4n) is 2.34. The summed E-state index contributed by atoms with van der Waals surface area (Å²) in [4.78, 5) is 29.7. The third-order valence-corrected chi connectivity index (χ3v) is 4.49. The first-order valence-corrected chi connectivity index (χ1v) is 8.60. The Morgan fingerprint density at radius 2 is 1.92 bits per heavy atom. The molecule has 1 N–H and O–H groups in total. The lowest BCUT2D eigenvalue weighted by Gasteiger charge is -2.10. The van der Waals surface area contributed by atoms with Gasteiger partial charge in [0.25, 0.3) is 5.56 Å². The second kappa shape index (κ2) is 7.83. The van der Waals surface area contributed by atoms with Gasteiger partial charge in [-0.1, -0.05) is 6.07 Å². The first-order chi connectivity index (χ1) is 12.6. The van der Waals surface area contributed by atoms with Crippen LogP contribution in [0.1, 0.15) is 0 Å². The van der Waals surface area contributed by atoms with Gasteiger partial charge in [0.2, 0.25) is 5.91 Å². The Morgan fingerprint density at radius 1 is 1.19 bits per heavy atom. The second-order valence-corrected chi connectivity index (χ2v) is 6.31. The molecule has 8 heteroatoms. The second-order valence-electron chi connectivity index (χ2n) is 5.37. The lowest BCUT2D eigenvalue weighted by atomic mass is 10.2. The van der Waals surface area contributed by atoms with Gasteiger partial charge in [0.15, 0.2) is 0 Å². The molecule has 0 saturated carbocycles. The quantitative estimate of drug-likeness (QED) is 0.720. The first kappa shape index (κ1) is 17.7. The van der Waals surface area contributed by atoms with E-state index in [0.717, 1.165) is 4.88 Å². The number of methoxy groups -OCH3 is 2. The Labute approximate surface area is 153 Å². The maximum atomic E-state index is 12.3. The molecule has 0 atom stereocenters. The van der Waals surface area contributed by atoms with E-state index in [1.54, 1.807) is 18.2 Å². The number of anilines is 1. The molecule has 26 heavy (non-hydrogen) atoms. The van der Waals surface area contributed by atoms with Crippen LogP contribution in [0.2, 0.25) is 0 Å². The summed E-state index contributed by atoms with van der Waals surface area (Å²) in [5, 5.41) is 4.64. The number of rotatable bonds is 6. The van der Waals surface area contributed by atoms with E-state index in [4.69, 9.17) is 9.47 Å². The van der Waals surface area contributed by atoms with E-state index in [2.05, 4.69) is 10.3 Å². The van der Waals surface area contributed by atoms with E-state index in [-0.39, 0.29) is 18.0 Å². The van der Waals surface area contributed by atoms with E-state index in [0.29, 0.717) is 22.9 Å². The molecule has 3 aromatic rings. The van der Waals surface area contributed by atoms with Crippen molar-refractivity contribution in [3.8, 4) is 22.1 Å². The number of aromatic nitrogens is 2. The number of nitrogens with zero attached hydrogens (tertiary/aromatic N) is 2. The normalized spacial score (nSPS) is 10.4. The molecule has 0 saturated heterocycles. The molecule has 1 aromatic carbocycles. The highest BCUT2D eigenvalue weighted by atomic mass is 32.1. The number of thiophene rings is 1. The molecule has 3 rings (SSSR count). The molecule has 0 aliphatic heterocycles. The summed E-state index contributed by atoms with van der Waals surface area (Å²) in [5.41, 5.74) is 0.823. The van der Waals surface area contributed by atoms with Crippen LogP contribution >= 0.6 is 11.3 Å². The van der Waals surface area contributed by atoms with Crippen LogP contribution in [0, 0.1) is 0 Å². The number of carbonyl (C=O) groups excluding carboxylic acids is 1. The molecule has 0 aliphatic carbocycles. The molecular weight excluding hydrogens is 354 g/mol. The maximum absolute atomic E-state index is 12.3. The van der Waals surface area contributed by atoms with Crippen LogP contribution in [0.25, 0.3) is 10.6 Å². The largest absolute Gasteiger partial charge is 0.497 e. The van der Waals surface area contributed by atoms with Gasteiger partial charge in [-0.2, -0.15) is 0 Å². The van der Waals surface area contributed by atoms with E-state index < -0.39 is 0 Å². The molecule has 2 heterocycles. The Kier molecular flexibility index (Phi) is 5.33. The minimum Gasteiger partial charge on any atom is -0.497 e. The van der Waals surface area contributed by atoms with Crippen molar-refractivity contribution in [1.29, 1.82) is 0 Å². The van der Waals surface area contributed by atoms with Gasteiger partial charge >= 0.3 is 0 Å². The number of ether oxygens (including phenoxy) is 2. The summed E-state index contributed by atoms with van der Waals surface area (Å²) in [6.07, 6.45) is 1.38. The van der Waals surface area contributed by atoms with Crippen LogP contribution < -0.4 is 20.3 Å². The zero-order chi connectivity index (χ0) is 18.5. The van der Waals surface area contributed by atoms with Crippen LogP contribution in [0.15, 0.2) is 52.9 Å². The average molecular weight is 371 g/mol. The van der Waals surface area contributed by atoms with Gasteiger partial charge in [0.1, 0.15) is 18.0 Å². The third kappa shape index (κ3) is 4.09. The predicted octanol–water partition coefficient (Wildman–Crippen LogP) is 2.63. The van der Waals surface area contributed by atoms with Crippen LogP contribution in [0.4, 0.5) is 5.69 Å². The number of hydrogen-bond donors (Lipinski definition) is 1. The van der Waals surface area contributed by atoms with Gasteiger partial charge in [-0.05, 0) is 11.4 Å².